The average Bonchev–Trinajstić information content (AvgIpc) is 3.16. The number of carbonyl (C=O) groups is 1. The monoisotopic (exact) mass is 302 g/mol. The summed E-state index contributed by atoms with van der Waals surface area (Å²) in [6.45, 7) is 0.116. The number of rotatable bonds is 5. The Balaban J connectivity index is 1.50. The standard InChI is InChI=1S/C15H18N4O3/c20-9-14-18-13(19-22-14)7-8-16-15(21)17-12-6-2-4-10-3-1-5-11(10)12/h2,4,6,20H,1,3,5,7-9H2,(H2,16,17,21). The highest BCUT2D eigenvalue weighted by Crippen LogP contribution is 2.28. The Morgan fingerprint density at radius 3 is 3.09 bits per heavy atom. The van der Waals surface area contributed by atoms with Gasteiger partial charge in [0.15, 0.2) is 5.82 Å². The SMILES string of the molecule is O=C(NCCc1noc(CO)n1)Nc1cccc2c1CCC2. The van der Waals surface area contributed by atoms with E-state index < -0.39 is 0 Å². The van der Waals surface area contributed by atoms with Crippen molar-refractivity contribution in [2.75, 3.05) is 11.9 Å². The summed E-state index contributed by atoms with van der Waals surface area (Å²) < 4.78 is 4.78. The number of nitrogens with one attached hydrogen (secondary N) is 2. The van der Waals surface area contributed by atoms with Gasteiger partial charge in [0.1, 0.15) is 6.61 Å². The van der Waals surface area contributed by atoms with Gasteiger partial charge in [-0.25, -0.2) is 4.79 Å². The largest absolute Gasteiger partial charge is 0.387 e. The smallest absolute Gasteiger partial charge is 0.319 e. The van der Waals surface area contributed by atoms with E-state index in [0.29, 0.717) is 18.8 Å². The molecule has 7 heteroatoms. The maximum absolute atomic E-state index is 11.9. The van der Waals surface area contributed by atoms with E-state index in [1.165, 1.54) is 11.1 Å². The number of benzene rings is 1. The highest BCUT2D eigenvalue weighted by molar-refractivity contribution is 5.90. The van der Waals surface area contributed by atoms with Gasteiger partial charge in [-0.3, -0.25) is 0 Å². The first-order valence-corrected chi connectivity index (χ1v) is 7.34. The molecule has 2 amide bonds. The van der Waals surface area contributed by atoms with Gasteiger partial charge in [-0.2, -0.15) is 4.98 Å². The number of nitrogens with zero attached hydrogens (tertiary/aromatic N) is 2. The lowest BCUT2D eigenvalue weighted by Crippen LogP contribution is -2.31. The van der Waals surface area contributed by atoms with Crippen molar-refractivity contribution in [2.45, 2.75) is 32.3 Å². The summed E-state index contributed by atoms with van der Waals surface area (Å²) in [5.74, 6) is 0.643. The second-order valence-corrected chi connectivity index (χ2v) is 5.19. The number of aliphatic hydroxyl groups is 1. The summed E-state index contributed by atoms with van der Waals surface area (Å²) in [7, 11) is 0. The van der Waals surface area contributed by atoms with Crippen molar-refractivity contribution in [3.05, 3.63) is 41.0 Å². The number of anilines is 1. The molecule has 116 valence electrons. The van der Waals surface area contributed by atoms with Crippen LogP contribution in [0.3, 0.4) is 0 Å². The first-order valence-electron chi connectivity index (χ1n) is 7.34. The number of aromatic nitrogens is 2. The van der Waals surface area contributed by atoms with E-state index in [4.69, 9.17) is 9.63 Å². The molecule has 0 radical (unpaired) electrons. The van der Waals surface area contributed by atoms with E-state index in [2.05, 4.69) is 26.8 Å². The van der Waals surface area contributed by atoms with Gasteiger partial charge in [0.25, 0.3) is 5.89 Å². The van der Waals surface area contributed by atoms with Gasteiger partial charge in [-0.1, -0.05) is 17.3 Å². The van der Waals surface area contributed by atoms with Crippen LogP contribution in [0.25, 0.3) is 0 Å². The molecule has 1 aromatic heterocycles. The van der Waals surface area contributed by atoms with E-state index in [1.54, 1.807) is 0 Å². The van der Waals surface area contributed by atoms with Gasteiger partial charge in [-0.15, -0.1) is 0 Å². The number of aryl methyl sites for hydroxylation is 1. The first-order chi connectivity index (χ1) is 10.8. The Kier molecular flexibility index (Phi) is 4.34. The lowest BCUT2D eigenvalue weighted by Gasteiger charge is -2.10. The quantitative estimate of drug-likeness (QED) is 0.775. The van der Waals surface area contributed by atoms with Gasteiger partial charge >= 0.3 is 6.03 Å². The third-order valence-corrected chi connectivity index (χ3v) is 3.67. The van der Waals surface area contributed by atoms with Crippen molar-refractivity contribution in [2.24, 2.45) is 0 Å². The van der Waals surface area contributed by atoms with Crippen LogP contribution in [0.5, 0.6) is 0 Å². The molecule has 3 N–H and O–H groups in total. The zero-order valence-electron chi connectivity index (χ0n) is 12.1. The second kappa shape index (κ2) is 6.57. The minimum Gasteiger partial charge on any atom is -0.387 e. The molecule has 22 heavy (non-hydrogen) atoms. The van der Waals surface area contributed by atoms with Crippen molar-refractivity contribution in [3.63, 3.8) is 0 Å². The molecular formula is C15H18N4O3. The molecule has 7 nitrogen and oxygen atoms in total. The Labute approximate surface area is 127 Å². The summed E-state index contributed by atoms with van der Waals surface area (Å²) in [6.07, 6.45) is 3.68. The maximum Gasteiger partial charge on any atom is 0.319 e. The Bertz CT molecular complexity index is 669. The van der Waals surface area contributed by atoms with Crippen LogP contribution >= 0.6 is 0 Å². The van der Waals surface area contributed by atoms with Crippen molar-refractivity contribution in [1.82, 2.24) is 15.5 Å². The number of aliphatic hydroxyl groups excluding tert-OH is 1. The summed E-state index contributed by atoms with van der Waals surface area (Å²) >= 11 is 0. The van der Waals surface area contributed by atoms with Crippen molar-refractivity contribution >= 4 is 11.7 Å². The van der Waals surface area contributed by atoms with Gasteiger partial charge in [0.05, 0.1) is 0 Å². The van der Waals surface area contributed by atoms with Crippen LogP contribution in [-0.4, -0.2) is 27.8 Å². The molecule has 1 heterocycles. The van der Waals surface area contributed by atoms with E-state index in [-0.39, 0.29) is 18.5 Å². The molecular weight excluding hydrogens is 284 g/mol. The summed E-state index contributed by atoms with van der Waals surface area (Å²) in [4.78, 5) is 15.9. The van der Waals surface area contributed by atoms with E-state index in [1.807, 2.05) is 12.1 Å². The molecule has 1 aromatic carbocycles. The van der Waals surface area contributed by atoms with Crippen LogP contribution in [0, 0.1) is 0 Å². The van der Waals surface area contributed by atoms with Crippen LogP contribution in [0.2, 0.25) is 0 Å². The summed E-state index contributed by atoms with van der Waals surface area (Å²) in [5.41, 5.74) is 3.44. The van der Waals surface area contributed by atoms with Crippen LogP contribution < -0.4 is 10.6 Å². The molecule has 0 saturated carbocycles. The molecule has 3 rings (SSSR count). The highest BCUT2D eigenvalue weighted by Gasteiger charge is 2.15. The third kappa shape index (κ3) is 3.25. The molecule has 0 fully saturated rings. The van der Waals surface area contributed by atoms with Crippen molar-refractivity contribution < 1.29 is 14.4 Å². The van der Waals surface area contributed by atoms with E-state index in [0.717, 1.165) is 24.9 Å². The number of fused-ring (bicyclic) bond motifs is 1. The van der Waals surface area contributed by atoms with Gasteiger partial charge in [-0.05, 0) is 36.5 Å². The van der Waals surface area contributed by atoms with Crippen molar-refractivity contribution in [1.29, 1.82) is 0 Å². The number of urea groups is 1. The van der Waals surface area contributed by atoms with Gasteiger partial charge in [0.2, 0.25) is 0 Å². The molecule has 0 atom stereocenters. The Hall–Kier alpha value is -2.41. The normalized spacial score (nSPS) is 13.0. The number of carbonyl (C=O) groups excluding carboxylic acids is 1. The fourth-order valence-corrected chi connectivity index (χ4v) is 2.65. The highest BCUT2D eigenvalue weighted by atomic mass is 16.5. The second-order valence-electron chi connectivity index (χ2n) is 5.19. The summed E-state index contributed by atoms with van der Waals surface area (Å²) in [6, 6.07) is 5.76. The predicted octanol–water partition coefficient (Wildman–Crippen LogP) is 1.41. The zero-order valence-corrected chi connectivity index (χ0v) is 12.1. The predicted molar refractivity (Wildman–Crippen MR) is 79.4 cm³/mol. The Morgan fingerprint density at radius 1 is 1.36 bits per heavy atom. The molecule has 1 aliphatic rings. The minimum absolute atomic E-state index is 0.180. The fraction of sp³-hybridized carbons (Fsp3) is 0.400. The van der Waals surface area contributed by atoms with E-state index >= 15 is 0 Å². The van der Waals surface area contributed by atoms with Crippen molar-refractivity contribution in [3.8, 4) is 0 Å². The topological polar surface area (TPSA) is 100 Å². The molecule has 0 aliphatic heterocycles. The third-order valence-electron chi connectivity index (χ3n) is 3.67. The first kappa shape index (κ1) is 14.5. The van der Waals surface area contributed by atoms with Crippen LogP contribution in [0.4, 0.5) is 10.5 Å². The zero-order chi connectivity index (χ0) is 15.4. The number of hydrogen-bond acceptors (Lipinski definition) is 5. The average molecular weight is 302 g/mol. The maximum atomic E-state index is 11.9. The number of hydrogen-bond donors (Lipinski definition) is 3. The molecule has 1 aliphatic carbocycles. The molecule has 2 aromatic rings. The number of amides is 2. The lowest BCUT2D eigenvalue weighted by molar-refractivity contribution is 0.222. The molecule has 0 saturated heterocycles. The van der Waals surface area contributed by atoms with Crippen LogP contribution in [0.15, 0.2) is 22.7 Å². The van der Waals surface area contributed by atoms with Gasteiger partial charge < -0.3 is 20.3 Å². The minimum atomic E-state index is -0.278. The summed E-state index contributed by atoms with van der Waals surface area (Å²) in [5, 5.41) is 18.2. The lowest BCUT2D eigenvalue weighted by atomic mass is 10.1. The van der Waals surface area contributed by atoms with Crippen LogP contribution in [0.1, 0.15) is 29.3 Å². The molecule has 0 unspecified atom stereocenters. The fourth-order valence-electron chi connectivity index (χ4n) is 2.65. The van der Waals surface area contributed by atoms with E-state index in [9.17, 15) is 4.79 Å². The Morgan fingerprint density at radius 2 is 2.27 bits per heavy atom. The van der Waals surface area contributed by atoms with Gasteiger partial charge in [0, 0.05) is 18.7 Å². The molecule has 0 bridgehead atoms. The van der Waals surface area contributed by atoms with Crippen LogP contribution in [-0.2, 0) is 25.9 Å². The molecule has 0 spiro atoms.